The third-order valence-electron chi connectivity index (χ3n) is 6.43. The van der Waals surface area contributed by atoms with Crippen LogP contribution in [0, 0.1) is 11.8 Å². The van der Waals surface area contributed by atoms with E-state index in [2.05, 4.69) is 13.8 Å². The number of carbonyl (C=O) groups excluding carboxylic acids is 1. The first-order valence-electron chi connectivity index (χ1n) is 10.9. The standard InChI is InChI=1S/C23H31N3O3S/c1-18-13-19(2)16-24(15-18)17-23(27)25-9-11-26(12-10-25)30(28,29)22-8-7-20-5-3-4-6-21(20)14-22/h3-8,14,18-19H,9-13,15-17H2,1-2H3/p+1/t18-,19-/m1/s1. The Hall–Kier alpha value is -1.96. The van der Waals surface area contributed by atoms with E-state index >= 15 is 0 Å². The van der Waals surface area contributed by atoms with Gasteiger partial charge in [0.15, 0.2) is 6.54 Å². The molecule has 0 spiro atoms. The molecule has 0 radical (unpaired) electrons. The Morgan fingerprint density at radius 3 is 2.27 bits per heavy atom. The van der Waals surface area contributed by atoms with Crippen LogP contribution in [0.3, 0.4) is 0 Å². The van der Waals surface area contributed by atoms with Gasteiger partial charge in [0.25, 0.3) is 5.91 Å². The number of likely N-dealkylation sites (tertiary alicyclic amines) is 1. The van der Waals surface area contributed by atoms with Crippen molar-refractivity contribution >= 4 is 26.7 Å². The van der Waals surface area contributed by atoms with Gasteiger partial charge in [0.05, 0.1) is 18.0 Å². The highest BCUT2D eigenvalue weighted by molar-refractivity contribution is 7.89. The predicted octanol–water partition coefficient (Wildman–Crippen LogP) is 1.23. The molecular weight excluding hydrogens is 398 g/mol. The number of nitrogens with zero attached hydrogens (tertiary/aromatic N) is 2. The van der Waals surface area contributed by atoms with Gasteiger partial charge in [-0.2, -0.15) is 4.31 Å². The molecule has 2 saturated heterocycles. The Labute approximate surface area is 179 Å². The van der Waals surface area contributed by atoms with Crippen molar-refractivity contribution in [2.24, 2.45) is 11.8 Å². The maximum absolute atomic E-state index is 13.1. The van der Waals surface area contributed by atoms with Crippen LogP contribution in [-0.4, -0.2) is 69.3 Å². The second-order valence-electron chi connectivity index (χ2n) is 9.07. The van der Waals surface area contributed by atoms with Crippen LogP contribution < -0.4 is 4.90 Å². The minimum absolute atomic E-state index is 0.147. The summed E-state index contributed by atoms with van der Waals surface area (Å²) in [6.07, 6.45) is 1.24. The van der Waals surface area contributed by atoms with E-state index in [1.165, 1.54) is 15.6 Å². The molecule has 6 nitrogen and oxygen atoms in total. The topological polar surface area (TPSA) is 62.1 Å². The number of piperidine rings is 1. The zero-order valence-electron chi connectivity index (χ0n) is 17.9. The number of sulfonamides is 1. The molecule has 0 aromatic heterocycles. The minimum atomic E-state index is -3.55. The third kappa shape index (κ3) is 4.53. The van der Waals surface area contributed by atoms with Gasteiger partial charge in [0.1, 0.15) is 0 Å². The first-order chi connectivity index (χ1) is 14.3. The molecule has 0 bridgehead atoms. The summed E-state index contributed by atoms with van der Waals surface area (Å²) in [7, 11) is -3.55. The lowest BCUT2D eigenvalue weighted by Gasteiger charge is -2.36. The van der Waals surface area contributed by atoms with Gasteiger partial charge in [-0.1, -0.05) is 44.2 Å². The van der Waals surface area contributed by atoms with Crippen molar-refractivity contribution in [1.29, 1.82) is 0 Å². The highest BCUT2D eigenvalue weighted by Gasteiger charge is 2.33. The molecule has 7 heteroatoms. The highest BCUT2D eigenvalue weighted by Crippen LogP contribution is 2.23. The van der Waals surface area contributed by atoms with E-state index in [1.807, 2.05) is 35.2 Å². The second kappa shape index (κ2) is 8.65. The van der Waals surface area contributed by atoms with Crippen molar-refractivity contribution in [1.82, 2.24) is 9.21 Å². The molecule has 0 unspecified atom stereocenters. The van der Waals surface area contributed by atoms with Crippen molar-refractivity contribution in [3.8, 4) is 0 Å². The normalized spacial score (nSPS) is 26.1. The fraction of sp³-hybridized carbons (Fsp3) is 0.522. The lowest BCUT2D eigenvalue weighted by molar-refractivity contribution is -0.904. The van der Waals surface area contributed by atoms with Gasteiger partial charge in [0, 0.05) is 38.0 Å². The van der Waals surface area contributed by atoms with Crippen LogP contribution in [0.5, 0.6) is 0 Å². The molecule has 2 heterocycles. The van der Waals surface area contributed by atoms with E-state index < -0.39 is 10.0 Å². The van der Waals surface area contributed by atoms with E-state index in [4.69, 9.17) is 0 Å². The molecule has 4 rings (SSSR count). The lowest BCUT2D eigenvalue weighted by atomic mass is 9.92. The van der Waals surface area contributed by atoms with Crippen LogP contribution in [0.2, 0.25) is 0 Å². The number of carbonyl (C=O) groups is 1. The summed E-state index contributed by atoms with van der Waals surface area (Å²) in [5.41, 5.74) is 0. The first-order valence-corrected chi connectivity index (χ1v) is 12.4. The molecule has 30 heavy (non-hydrogen) atoms. The van der Waals surface area contributed by atoms with Crippen LogP contribution in [0.1, 0.15) is 20.3 Å². The largest absolute Gasteiger partial charge is 0.335 e. The second-order valence-corrected chi connectivity index (χ2v) is 11.0. The summed E-state index contributed by atoms with van der Waals surface area (Å²) in [5.74, 6) is 1.45. The van der Waals surface area contributed by atoms with Crippen molar-refractivity contribution in [3.05, 3.63) is 42.5 Å². The van der Waals surface area contributed by atoms with Crippen molar-refractivity contribution in [3.63, 3.8) is 0 Å². The summed E-state index contributed by atoms with van der Waals surface area (Å²) in [5, 5.41) is 1.94. The molecular formula is C23H32N3O3S+. The minimum Gasteiger partial charge on any atom is -0.335 e. The molecule has 2 aromatic rings. The van der Waals surface area contributed by atoms with E-state index in [9.17, 15) is 13.2 Å². The Morgan fingerprint density at radius 1 is 0.967 bits per heavy atom. The van der Waals surface area contributed by atoms with E-state index in [0.717, 1.165) is 23.9 Å². The van der Waals surface area contributed by atoms with Gasteiger partial charge in [-0.25, -0.2) is 8.42 Å². The van der Waals surface area contributed by atoms with Crippen molar-refractivity contribution < 1.29 is 18.1 Å². The molecule has 0 aliphatic carbocycles. The number of nitrogens with one attached hydrogen (secondary N) is 1. The molecule has 0 saturated carbocycles. The zero-order chi connectivity index (χ0) is 21.3. The molecule has 162 valence electrons. The number of fused-ring (bicyclic) bond motifs is 1. The number of quaternary nitrogens is 1. The van der Waals surface area contributed by atoms with Crippen LogP contribution >= 0.6 is 0 Å². The summed E-state index contributed by atoms with van der Waals surface area (Å²) in [6, 6.07) is 13.0. The SMILES string of the molecule is C[C@@H]1C[C@@H](C)C[NH+](CC(=O)N2CCN(S(=O)(=O)c3ccc4ccccc4c3)CC2)C1. The van der Waals surface area contributed by atoms with Gasteiger partial charge in [0.2, 0.25) is 10.0 Å². The molecule has 2 fully saturated rings. The van der Waals surface area contributed by atoms with Crippen LogP contribution in [0.25, 0.3) is 10.8 Å². The molecule has 2 aromatic carbocycles. The summed E-state index contributed by atoms with van der Waals surface area (Å²) in [6.45, 7) is 8.76. The first kappa shape index (κ1) is 21.3. The molecule has 1 N–H and O–H groups in total. The quantitative estimate of drug-likeness (QED) is 0.794. The number of rotatable bonds is 4. The molecule has 1 amide bonds. The number of piperazine rings is 1. The van der Waals surface area contributed by atoms with E-state index in [0.29, 0.717) is 49.5 Å². The Morgan fingerprint density at radius 2 is 1.60 bits per heavy atom. The highest BCUT2D eigenvalue weighted by atomic mass is 32.2. The van der Waals surface area contributed by atoms with Crippen LogP contribution in [0.4, 0.5) is 0 Å². The molecule has 2 aliphatic rings. The number of amides is 1. The van der Waals surface area contributed by atoms with Crippen LogP contribution in [0.15, 0.2) is 47.4 Å². The van der Waals surface area contributed by atoms with Gasteiger partial charge in [-0.15, -0.1) is 0 Å². The smallest absolute Gasteiger partial charge is 0.277 e. The average molecular weight is 431 g/mol. The Kier molecular flexibility index (Phi) is 6.14. The zero-order valence-corrected chi connectivity index (χ0v) is 18.7. The average Bonchev–Trinajstić information content (AvgIpc) is 2.72. The van der Waals surface area contributed by atoms with E-state index in [-0.39, 0.29) is 5.91 Å². The summed E-state index contributed by atoms with van der Waals surface area (Å²) in [4.78, 5) is 16.3. The number of hydrogen-bond acceptors (Lipinski definition) is 3. The molecule has 2 atom stereocenters. The van der Waals surface area contributed by atoms with Gasteiger partial charge in [-0.05, 0) is 29.3 Å². The molecule has 2 aliphatic heterocycles. The lowest BCUT2D eigenvalue weighted by Crippen LogP contribution is -3.15. The fourth-order valence-corrected chi connectivity index (χ4v) is 6.51. The van der Waals surface area contributed by atoms with Crippen LogP contribution in [-0.2, 0) is 14.8 Å². The van der Waals surface area contributed by atoms with Gasteiger partial charge < -0.3 is 9.80 Å². The summed E-state index contributed by atoms with van der Waals surface area (Å²) < 4.78 is 27.7. The van der Waals surface area contributed by atoms with Crippen molar-refractivity contribution in [2.45, 2.75) is 25.2 Å². The third-order valence-corrected chi connectivity index (χ3v) is 8.32. The Balaban J connectivity index is 1.37. The number of hydrogen-bond donors (Lipinski definition) is 1. The maximum Gasteiger partial charge on any atom is 0.277 e. The predicted molar refractivity (Wildman–Crippen MR) is 118 cm³/mol. The summed E-state index contributed by atoms with van der Waals surface area (Å²) >= 11 is 0. The Bertz CT molecular complexity index is 1010. The van der Waals surface area contributed by atoms with Gasteiger partial charge in [-0.3, -0.25) is 4.79 Å². The fourth-order valence-electron chi connectivity index (χ4n) is 5.05. The van der Waals surface area contributed by atoms with Crippen molar-refractivity contribution in [2.75, 3.05) is 45.8 Å². The number of benzene rings is 2. The van der Waals surface area contributed by atoms with E-state index in [1.54, 1.807) is 12.1 Å². The van der Waals surface area contributed by atoms with Gasteiger partial charge >= 0.3 is 0 Å². The maximum atomic E-state index is 13.1. The monoisotopic (exact) mass is 430 g/mol.